The van der Waals surface area contributed by atoms with Crippen LogP contribution in [0, 0.1) is 6.92 Å². The standard InChI is InChI=1S/C19H18ClN3O2S/c1-3-25-17-10-8-16(9-11-17)23-13(2)21-22-19(23)26-12-18(24)14-4-6-15(20)7-5-14/h4-11H,3,12H2,1-2H3. The van der Waals surface area contributed by atoms with Gasteiger partial charge in [0.15, 0.2) is 10.9 Å². The van der Waals surface area contributed by atoms with Crippen molar-refractivity contribution in [2.45, 2.75) is 19.0 Å². The lowest BCUT2D eigenvalue weighted by Crippen LogP contribution is -2.05. The van der Waals surface area contributed by atoms with Gasteiger partial charge in [0, 0.05) is 16.3 Å². The van der Waals surface area contributed by atoms with Gasteiger partial charge in [-0.1, -0.05) is 23.4 Å². The minimum absolute atomic E-state index is 0.0190. The van der Waals surface area contributed by atoms with Gasteiger partial charge >= 0.3 is 0 Å². The van der Waals surface area contributed by atoms with E-state index in [0.29, 0.717) is 22.3 Å². The summed E-state index contributed by atoms with van der Waals surface area (Å²) in [6.07, 6.45) is 0. The maximum Gasteiger partial charge on any atom is 0.196 e. The number of hydrogen-bond acceptors (Lipinski definition) is 5. The molecule has 0 atom stereocenters. The van der Waals surface area contributed by atoms with Crippen LogP contribution in [0.2, 0.25) is 5.02 Å². The van der Waals surface area contributed by atoms with Gasteiger partial charge in [0.2, 0.25) is 0 Å². The number of carbonyl (C=O) groups excluding carboxylic acids is 1. The molecule has 5 nitrogen and oxygen atoms in total. The van der Waals surface area contributed by atoms with Crippen molar-refractivity contribution in [1.29, 1.82) is 0 Å². The molecule has 3 aromatic rings. The molecule has 0 unspecified atom stereocenters. The fourth-order valence-corrected chi connectivity index (χ4v) is 3.46. The Morgan fingerprint density at radius 3 is 2.46 bits per heavy atom. The molecule has 0 N–H and O–H groups in total. The van der Waals surface area contributed by atoms with Crippen LogP contribution in [0.15, 0.2) is 53.7 Å². The fourth-order valence-electron chi connectivity index (χ4n) is 2.44. The Morgan fingerprint density at radius 1 is 1.12 bits per heavy atom. The summed E-state index contributed by atoms with van der Waals surface area (Å²) in [5.74, 6) is 1.87. The lowest BCUT2D eigenvalue weighted by molar-refractivity contribution is 0.102. The monoisotopic (exact) mass is 387 g/mol. The summed E-state index contributed by atoms with van der Waals surface area (Å²) in [6, 6.07) is 14.6. The Labute approximate surface area is 161 Å². The van der Waals surface area contributed by atoms with E-state index in [9.17, 15) is 4.79 Å². The van der Waals surface area contributed by atoms with E-state index in [1.807, 2.05) is 42.7 Å². The quantitative estimate of drug-likeness (QED) is 0.438. The van der Waals surface area contributed by atoms with Gasteiger partial charge in [0.1, 0.15) is 11.6 Å². The normalized spacial score (nSPS) is 10.7. The second-order valence-corrected chi connectivity index (χ2v) is 6.89. The number of nitrogens with zero attached hydrogens (tertiary/aromatic N) is 3. The maximum absolute atomic E-state index is 12.4. The summed E-state index contributed by atoms with van der Waals surface area (Å²) in [4.78, 5) is 12.4. The topological polar surface area (TPSA) is 57.0 Å². The molecule has 0 spiro atoms. The third-order valence-electron chi connectivity index (χ3n) is 3.70. The average molecular weight is 388 g/mol. The van der Waals surface area contributed by atoms with Gasteiger partial charge in [0.25, 0.3) is 0 Å². The predicted octanol–water partition coefficient (Wildman–Crippen LogP) is 4.60. The molecule has 0 saturated carbocycles. The van der Waals surface area contributed by atoms with Gasteiger partial charge in [-0.3, -0.25) is 9.36 Å². The number of benzene rings is 2. The zero-order chi connectivity index (χ0) is 18.5. The lowest BCUT2D eigenvalue weighted by Gasteiger charge is -2.09. The van der Waals surface area contributed by atoms with E-state index in [1.54, 1.807) is 24.3 Å². The van der Waals surface area contributed by atoms with Crippen LogP contribution >= 0.6 is 23.4 Å². The van der Waals surface area contributed by atoms with E-state index in [4.69, 9.17) is 16.3 Å². The van der Waals surface area contributed by atoms with Gasteiger partial charge in [-0.2, -0.15) is 0 Å². The number of ether oxygens (including phenoxy) is 1. The minimum atomic E-state index is 0.0190. The largest absolute Gasteiger partial charge is 0.494 e. The van der Waals surface area contributed by atoms with Gasteiger partial charge in [-0.15, -0.1) is 10.2 Å². The molecule has 1 aromatic heterocycles. The Morgan fingerprint density at radius 2 is 1.81 bits per heavy atom. The fraction of sp³-hybridized carbons (Fsp3) is 0.211. The zero-order valence-electron chi connectivity index (χ0n) is 14.5. The van der Waals surface area contributed by atoms with Crippen LogP contribution in [0.3, 0.4) is 0 Å². The second-order valence-electron chi connectivity index (χ2n) is 5.51. The predicted molar refractivity (Wildman–Crippen MR) is 104 cm³/mol. The van der Waals surface area contributed by atoms with E-state index < -0.39 is 0 Å². The van der Waals surface area contributed by atoms with Gasteiger partial charge in [-0.05, 0) is 62.4 Å². The van der Waals surface area contributed by atoms with Crippen molar-refractivity contribution >= 4 is 29.1 Å². The molecular formula is C19H18ClN3O2S. The smallest absolute Gasteiger partial charge is 0.196 e. The van der Waals surface area contributed by atoms with Crippen molar-refractivity contribution in [3.63, 3.8) is 0 Å². The maximum atomic E-state index is 12.4. The molecule has 2 aromatic carbocycles. The molecule has 26 heavy (non-hydrogen) atoms. The van der Waals surface area contributed by atoms with E-state index in [-0.39, 0.29) is 11.5 Å². The molecule has 0 fully saturated rings. The molecule has 7 heteroatoms. The number of carbonyl (C=O) groups is 1. The van der Waals surface area contributed by atoms with E-state index in [0.717, 1.165) is 17.3 Å². The molecule has 0 saturated heterocycles. The number of ketones is 1. The molecule has 0 aliphatic rings. The Hall–Kier alpha value is -2.31. The van der Waals surface area contributed by atoms with Crippen molar-refractivity contribution < 1.29 is 9.53 Å². The van der Waals surface area contributed by atoms with Crippen LogP contribution in [0.1, 0.15) is 23.1 Å². The van der Waals surface area contributed by atoms with E-state index >= 15 is 0 Å². The summed E-state index contributed by atoms with van der Waals surface area (Å²) < 4.78 is 7.40. The van der Waals surface area contributed by atoms with E-state index in [1.165, 1.54) is 11.8 Å². The van der Waals surface area contributed by atoms with Gasteiger partial charge < -0.3 is 4.74 Å². The summed E-state index contributed by atoms with van der Waals surface area (Å²) >= 11 is 7.22. The number of aryl methyl sites for hydroxylation is 1. The Kier molecular flexibility index (Phi) is 5.96. The first-order valence-electron chi connectivity index (χ1n) is 8.15. The molecule has 134 valence electrons. The van der Waals surface area contributed by atoms with Crippen LogP contribution in [0.4, 0.5) is 0 Å². The molecule has 3 rings (SSSR count). The molecule has 0 aliphatic heterocycles. The highest BCUT2D eigenvalue weighted by Crippen LogP contribution is 2.24. The molecular weight excluding hydrogens is 370 g/mol. The third-order valence-corrected chi connectivity index (χ3v) is 4.88. The van der Waals surface area contributed by atoms with Gasteiger partial charge in [-0.25, -0.2) is 0 Å². The van der Waals surface area contributed by atoms with Crippen LogP contribution in [-0.2, 0) is 0 Å². The number of hydrogen-bond donors (Lipinski definition) is 0. The van der Waals surface area contributed by atoms with Crippen molar-refractivity contribution in [3.8, 4) is 11.4 Å². The van der Waals surface area contributed by atoms with Crippen LogP contribution < -0.4 is 4.74 Å². The number of Topliss-reactive ketones (excluding diaryl/α,β-unsaturated/α-hetero) is 1. The summed E-state index contributed by atoms with van der Waals surface area (Å²) in [7, 11) is 0. The van der Waals surface area contributed by atoms with Crippen molar-refractivity contribution in [2.24, 2.45) is 0 Å². The lowest BCUT2D eigenvalue weighted by atomic mass is 10.1. The highest BCUT2D eigenvalue weighted by atomic mass is 35.5. The Balaban J connectivity index is 1.75. The zero-order valence-corrected chi connectivity index (χ0v) is 16.0. The molecule has 1 heterocycles. The van der Waals surface area contributed by atoms with Crippen molar-refractivity contribution in [2.75, 3.05) is 12.4 Å². The Bertz CT molecular complexity index is 892. The SMILES string of the molecule is CCOc1ccc(-n2c(C)nnc2SCC(=O)c2ccc(Cl)cc2)cc1. The number of aromatic nitrogens is 3. The highest BCUT2D eigenvalue weighted by molar-refractivity contribution is 7.99. The number of rotatable bonds is 7. The molecule has 0 bridgehead atoms. The van der Waals surface area contributed by atoms with Crippen LogP contribution in [0.5, 0.6) is 5.75 Å². The third kappa shape index (κ3) is 4.26. The van der Waals surface area contributed by atoms with Crippen molar-refractivity contribution in [3.05, 3.63) is 64.9 Å². The minimum Gasteiger partial charge on any atom is -0.494 e. The first kappa shape index (κ1) is 18.5. The first-order chi connectivity index (χ1) is 12.6. The van der Waals surface area contributed by atoms with Crippen molar-refractivity contribution in [1.82, 2.24) is 14.8 Å². The van der Waals surface area contributed by atoms with Crippen LogP contribution in [0.25, 0.3) is 5.69 Å². The average Bonchev–Trinajstić information content (AvgIpc) is 3.02. The number of halogens is 1. The van der Waals surface area contributed by atoms with Crippen LogP contribution in [-0.4, -0.2) is 32.9 Å². The highest BCUT2D eigenvalue weighted by Gasteiger charge is 2.14. The summed E-state index contributed by atoms with van der Waals surface area (Å²) in [5.41, 5.74) is 1.56. The molecule has 0 radical (unpaired) electrons. The summed E-state index contributed by atoms with van der Waals surface area (Å²) in [5, 5.41) is 9.63. The number of thioether (sulfide) groups is 1. The molecule has 0 aliphatic carbocycles. The second kappa shape index (κ2) is 8.38. The molecule has 0 amide bonds. The summed E-state index contributed by atoms with van der Waals surface area (Å²) in [6.45, 7) is 4.46. The van der Waals surface area contributed by atoms with Gasteiger partial charge in [0.05, 0.1) is 12.4 Å². The van der Waals surface area contributed by atoms with E-state index in [2.05, 4.69) is 10.2 Å². The first-order valence-corrected chi connectivity index (χ1v) is 9.51.